The number of benzene rings is 4. The number of carbonyl (C=O) groups excluding carboxylic acids is 3. The Labute approximate surface area is 338 Å². The number of carbonyl (C=O) groups is 3. The first-order chi connectivity index (χ1) is 26.9. The number of thiazole rings is 1. The largest absolute Gasteiger partial charge is 0.456 e. The lowest BCUT2D eigenvalue weighted by molar-refractivity contribution is -0.222. The Morgan fingerprint density at radius 3 is 1.98 bits per heavy atom. The number of halogens is 1. The molecule has 4 aromatic carbocycles. The van der Waals surface area contributed by atoms with Crippen molar-refractivity contribution < 1.29 is 29.1 Å². The molecule has 3 N–H and O–H groups in total. The predicted octanol–water partition coefficient (Wildman–Crippen LogP) is 6.77. The first-order valence-corrected chi connectivity index (χ1v) is 20.2. The maximum atomic E-state index is 14.0. The van der Waals surface area contributed by atoms with Gasteiger partial charge >= 0.3 is 5.97 Å². The number of fused-ring (bicyclic) bond motifs is 1. The van der Waals surface area contributed by atoms with Gasteiger partial charge in [-0.2, -0.15) is 0 Å². The maximum Gasteiger partial charge on any atom is 0.362 e. The molecule has 56 heavy (non-hydrogen) atoms. The third kappa shape index (κ3) is 7.27. The van der Waals surface area contributed by atoms with Crippen molar-refractivity contribution in [2.45, 2.75) is 55.0 Å². The summed E-state index contributed by atoms with van der Waals surface area (Å²) >= 11 is 8.70. The zero-order valence-corrected chi connectivity index (χ0v) is 33.4. The van der Waals surface area contributed by atoms with Gasteiger partial charge in [0, 0.05) is 16.2 Å². The molecule has 288 valence electrons. The van der Waals surface area contributed by atoms with Crippen LogP contribution in [0.3, 0.4) is 0 Å². The number of nitrogens with one attached hydrogen (secondary N) is 2. The SMILES string of the molecule is CON=C(C(=O)NC1C(=O)N2C1CSC(c1ccc(Cl)cc1)C2(O)C(=O)OC(C)(C)C)c1csc(NC(c2ccccc2)(c2ccccc2)c2ccccc2)n1. The molecular weight excluding hydrogens is 770 g/mol. The van der Waals surface area contributed by atoms with E-state index < -0.39 is 52.0 Å². The van der Waals surface area contributed by atoms with Gasteiger partial charge in [-0.25, -0.2) is 9.78 Å². The fraction of sp³-hybridized carbons (Fsp3) is 0.262. The van der Waals surface area contributed by atoms with Gasteiger partial charge in [-0.3, -0.25) is 14.5 Å². The normalized spacial score (nSPS) is 21.0. The van der Waals surface area contributed by atoms with E-state index >= 15 is 0 Å². The second kappa shape index (κ2) is 15.7. The molecule has 2 aliphatic heterocycles. The number of rotatable bonds is 11. The summed E-state index contributed by atoms with van der Waals surface area (Å²) in [6, 6.07) is 35.0. The number of esters is 1. The van der Waals surface area contributed by atoms with E-state index in [9.17, 15) is 19.5 Å². The first kappa shape index (κ1) is 39.0. The first-order valence-electron chi connectivity index (χ1n) is 17.9. The summed E-state index contributed by atoms with van der Waals surface area (Å²) in [5, 5.41) is 24.5. The molecule has 2 amide bonds. The Kier molecular flexibility index (Phi) is 11.0. The topological polar surface area (TPSA) is 142 Å². The molecule has 2 fully saturated rings. The van der Waals surface area contributed by atoms with Crippen LogP contribution >= 0.6 is 34.7 Å². The van der Waals surface area contributed by atoms with E-state index in [0.29, 0.717) is 21.5 Å². The van der Waals surface area contributed by atoms with Crippen LogP contribution in [0, 0.1) is 0 Å². The van der Waals surface area contributed by atoms with Gasteiger partial charge < -0.3 is 25.3 Å². The van der Waals surface area contributed by atoms with Gasteiger partial charge in [0.2, 0.25) is 5.91 Å². The van der Waals surface area contributed by atoms with Crippen LogP contribution in [-0.4, -0.2) is 74.8 Å². The molecule has 7 rings (SSSR count). The number of β-lactam (4-membered cyclic amide) rings is 1. The number of oxime groups is 1. The Bertz CT molecular complexity index is 2140. The van der Waals surface area contributed by atoms with Gasteiger partial charge in [0.25, 0.3) is 11.6 Å². The molecule has 0 saturated carbocycles. The summed E-state index contributed by atoms with van der Waals surface area (Å²) in [6.45, 7) is 5.04. The zero-order chi connectivity index (χ0) is 39.7. The van der Waals surface area contributed by atoms with Crippen molar-refractivity contribution in [2.75, 3.05) is 18.2 Å². The number of hydrogen-bond donors (Lipinski definition) is 3. The van der Waals surface area contributed by atoms with Crippen molar-refractivity contribution in [3.63, 3.8) is 0 Å². The van der Waals surface area contributed by atoms with Gasteiger partial charge in [-0.15, -0.1) is 23.1 Å². The molecule has 0 spiro atoms. The third-order valence-electron chi connectivity index (χ3n) is 9.60. The number of thioether (sulfide) groups is 1. The van der Waals surface area contributed by atoms with Crippen LogP contribution in [0.15, 0.2) is 126 Å². The van der Waals surface area contributed by atoms with E-state index in [1.54, 1.807) is 50.4 Å². The molecule has 11 nitrogen and oxygen atoms in total. The smallest absolute Gasteiger partial charge is 0.362 e. The highest BCUT2D eigenvalue weighted by Gasteiger charge is 2.67. The van der Waals surface area contributed by atoms with E-state index in [2.05, 4.69) is 52.2 Å². The second-order valence-corrected chi connectivity index (χ2v) is 16.8. The molecule has 4 atom stereocenters. The summed E-state index contributed by atoms with van der Waals surface area (Å²) < 4.78 is 5.66. The minimum absolute atomic E-state index is 0.155. The molecule has 5 aromatic rings. The van der Waals surface area contributed by atoms with Gasteiger partial charge in [-0.05, 0) is 55.2 Å². The summed E-state index contributed by atoms with van der Waals surface area (Å²) in [4.78, 5) is 52.8. The number of anilines is 1. The molecule has 2 aliphatic rings. The van der Waals surface area contributed by atoms with Crippen molar-refractivity contribution >= 4 is 63.3 Å². The molecule has 14 heteroatoms. The minimum Gasteiger partial charge on any atom is -0.456 e. The summed E-state index contributed by atoms with van der Waals surface area (Å²) in [6.07, 6.45) is 0. The highest BCUT2D eigenvalue weighted by molar-refractivity contribution is 7.99. The lowest BCUT2D eigenvalue weighted by Crippen LogP contribution is -2.82. The molecular formula is C42H40ClN5O6S2. The van der Waals surface area contributed by atoms with E-state index in [1.165, 1.54) is 30.2 Å². The number of amides is 2. The van der Waals surface area contributed by atoms with Crippen LogP contribution in [0.2, 0.25) is 5.02 Å². The predicted molar refractivity (Wildman–Crippen MR) is 219 cm³/mol. The average molecular weight is 810 g/mol. The van der Waals surface area contributed by atoms with Crippen molar-refractivity contribution in [1.29, 1.82) is 0 Å². The van der Waals surface area contributed by atoms with Gasteiger partial charge in [-0.1, -0.05) is 120 Å². The zero-order valence-electron chi connectivity index (χ0n) is 31.0. The Balaban J connectivity index is 1.16. The Hall–Kier alpha value is -5.21. The molecule has 0 bridgehead atoms. The van der Waals surface area contributed by atoms with E-state index in [1.807, 2.05) is 54.6 Å². The minimum atomic E-state index is -2.37. The number of aromatic nitrogens is 1. The van der Waals surface area contributed by atoms with E-state index in [4.69, 9.17) is 26.2 Å². The lowest BCUT2D eigenvalue weighted by atomic mass is 9.77. The van der Waals surface area contributed by atoms with Gasteiger partial charge in [0.1, 0.15) is 30.0 Å². The van der Waals surface area contributed by atoms with Gasteiger partial charge in [0.05, 0.1) is 11.3 Å². The molecule has 1 aromatic heterocycles. The van der Waals surface area contributed by atoms with Gasteiger partial charge in [0.15, 0.2) is 10.8 Å². The summed E-state index contributed by atoms with van der Waals surface area (Å²) in [7, 11) is 1.32. The monoisotopic (exact) mass is 809 g/mol. The maximum absolute atomic E-state index is 14.0. The van der Waals surface area contributed by atoms with Crippen molar-refractivity contribution in [1.82, 2.24) is 15.2 Å². The average Bonchev–Trinajstić information content (AvgIpc) is 3.66. The van der Waals surface area contributed by atoms with Crippen molar-refractivity contribution in [3.05, 3.63) is 154 Å². The van der Waals surface area contributed by atoms with Crippen LogP contribution in [0.1, 0.15) is 54.0 Å². The second-order valence-electron chi connectivity index (χ2n) is 14.4. The van der Waals surface area contributed by atoms with Crippen LogP contribution in [0.4, 0.5) is 5.13 Å². The fourth-order valence-corrected chi connectivity index (χ4v) is 9.54. The standard InChI is InChI=1S/C42H40ClN5O6S2/c1-40(2,3)54-38(51)42(52)35(26-20-22-30(43)23-21-26)55-25-32-34(37(50)48(32)42)45-36(49)33(47-53-4)31-24-56-39(44-31)46-41(27-14-8-5-9-15-27,28-16-10-6-11-17-28)29-18-12-7-13-19-29/h5-24,32,34-35,52H,25H2,1-4H3,(H,44,46)(H,45,49). The summed E-state index contributed by atoms with van der Waals surface area (Å²) in [5.41, 5.74) is -0.616. The highest BCUT2D eigenvalue weighted by atomic mass is 35.5. The van der Waals surface area contributed by atoms with Crippen LogP contribution < -0.4 is 10.6 Å². The highest BCUT2D eigenvalue weighted by Crippen LogP contribution is 2.51. The van der Waals surface area contributed by atoms with Crippen LogP contribution in [-0.2, 0) is 29.5 Å². The number of ether oxygens (including phenoxy) is 1. The molecule has 0 radical (unpaired) electrons. The van der Waals surface area contributed by atoms with Crippen molar-refractivity contribution in [2.24, 2.45) is 5.16 Å². The fourth-order valence-electron chi connectivity index (χ4n) is 7.14. The van der Waals surface area contributed by atoms with Crippen LogP contribution in [0.25, 0.3) is 0 Å². The van der Waals surface area contributed by atoms with Crippen LogP contribution in [0.5, 0.6) is 0 Å². The summed E-state index contributed by atoms with van der Waals surface area (Å²) in [5.74, 6) is -2.03. The lowest BCUT2D eigenvalue weighted by Gasteiger charge is -2.58. The quantitative estimate of drug-likeness (QED) is 0.0434. The Morgan fingerprint density at radius 1 is 0.911 bits per heavy atom. The third-order valence-corrected chi connectivity index (χ3v) is 12.1. The molecule has 3 heterocycles. The van der Waals surface area contributed by atoms with Crippen molar-refractivity contribution in [3.8, 4) is 0 Å². The molecule has 2 saturated heterocycles. The number of aliphatic hydroxyl groups is 1. The van der Waals surface area contributed by atoms with E-state index in [-0.39, 0.29) is 11.4 Å². The molecule has 4 unspecified atom stereocenters. The molecule has 0 aliphatic carbocycles. The number of hydrogen-bond acceptors (Lipinski definition) is 11. The Morgan fingerprint density at radius 2 is 1.46 bits per heavy atom. The van der Waals surface area contributed by atoms with E-state index in [0.717, 1.165) is 21.6 Å². The number of nitrogens with zero attached hydrogens (tertiary/aromatic N) is 3.